The van der Waals surface area contributed by atoms with Crippen molar-refractivity contribution in [2.24, 2.45) is 7.05 Å². The topological polar surface area (TPSA) is 85.0 Å². The van der Waals surface area contributed by atoms with Crippen LogP contribution in [-0.4, -0.2) is 30.6 Å². The Balaban J connectivity index is 1.86. The number of nitrogens with zero attached hydrogens (tertiary/aromatic N) is 4. The second-order valence-corrected chi connectivity index (χ2v) is 7.34. The first-order chi connectivity index (χ1) is 15.7. The van der Waals surface area contributed by atoms with Crippen LogP contribution >= 0.6 is 0 Å². The molecule has 33 heavy (non-hydrogen) atoms. The average Bonchev–Trinajstić information content (AvgIpc) is 3.37. The number of aromatic nitrogens is 4. The fourth-order valence-corrected chi connectivity index (χ4v) is 3.62. The zero-order valence-corrected chi connectivity index (χ0v) is 17.8. The van der Waals surface area contributed by atoms with Gasteiger partial charge in [-0.3, -0.25) is 4.68 Å². The van der Waals surface area contributed by atoms with Crippen molar-refractivity contribution in [1.29, 1.82) is 0 Å². The molecule has 0 bridgehead atoms. The van der Waals surface area contributed by atoms with Crippen molar-refractivity contribution in [2.45, 2.75) is 19.5 Å². The summed E-state index contributed by atoms with van der Waals surface area (Å²) < 4.78 is 43.9. The van der Waals surface area contributed by atoms with E-state index in [1.165, 1.54) is 27.6 Å². The Morgan fingerprint density at radius 2 is 1.82 bits per heavy atom. The number of benzene rings is 2. The van der Waals surface area contributed by atoms with E-state index in [1.54, 1.807) is 44.4 Å². The van der Waals surface area contributed by atoms with Crippen molar-refractivity contribution in [2.75, 3.05) is 5.32 Å². The summed E-state index contributed by atoms with van der Waals surface area (Å²) in [6.07, 6.45) is -2.65. The van der Waals surface area contributed by atoms with Gasteiger partial charge < -0.3 is 10.4 Å². The zero-order valence-electron chi connectivity index (χ0n) is 17.8. The van der Waals surface area contributed by atoms with E-state index in [2.05, 4.69) is 15.5 Å². The number of carboxylic acid groups (broad SMARTS) is 1. The first-order valence-electron chi connectivity index (χ1n) is 10.1. The lowest BCUT2D eigenvalue weighted by Crippen LogP contribution is -2.09. The van der Waals surface area contributed by atoms with Crippen molar-refractivity contribution in [3.8, 4) is 16.9 Å². The highest BCUT2D eigenvalue weighted by Crippen LogP contribution is 2.39. The fraction of sp³-hybridized carbons (Fsp3) is 0.174. The Bertz CT molecular complexity index is 1310. The Hall–Kier alpha value is -4.08. The highest BCUT2D eigenvalue weighted by Gasteiger charge is 2.34. The number of nitrogens with one attached hydrogen (secondary N) is 1. The Morgan fingerprint density at radius 3 is 2.39 bits per heavy atom. The Labute approximate surface area is 187 Å². The summed E-state index contributed by atoms with van der Waals surface area (Å²) in [5, 5.41) is 21.1. The normalized spacial score (nSPS) is 11.5. The maximum absolute atomic E-state index is 13.7. The molecule has 0 atom stereocenters. The minimum absolute atomic E-state index is 0.0876. The van der Waals surface area contributed by atoms with E-state index in [0.29, 0.717) is 29.2 Å². The highest BCUT2D eigenvalue weighted by molar-refractivity contribution is 5.90. The van der Waals surface area contributed by atoms with Crippen LogP contribution in [0.4, 0.5) is 24.7 Å². The predicted octanol–water partition coefficient (Wildman–Crippen LogP) is 5.30. The van der Waals surface area contributed by atoms with Gasteiger partial charge in [-0.05, 0) is 42.8 Å². The number of aromatic carboxylic acids is 1. The minimum Gasteiger partial charge on any atom is -0.476 e. The number of para-hydroxylation sites is 1. The maximum Gasteiger partial charge on any atom is 0.417 e. The summed E-state index contributed by atoms with van der Waals surface area (Å²) in [5.41, 5.74) is 0.533. The number of hydrogen-bond donors (Lipinski definition) is 2. The van der Waals surface area contributed by atoms with Gasteiger partial charge in [-0.1, -0.05) is 25.1 Å². The molecule has 4 aromatic rings. The third-order valence-corrected chi connectivity index (χ3v) is 5.12. The quantitative estimate of drug-likeness (QED) is 0.412. The largest absolute Gasteiger partial charge is 0.476 e. The minimum atomic E-state index is -4.57. The number of rotatable bonds is 6. The number of carboxylic acids is 1. The summed E-state index contributed by atoms with van der Waals surface area (Å²) in [4.78, 5) is 11.8. The molecule has 2 N–H and O–H groups in total. The number of aryl methyl sites for hydroxylation is 1. The molecule has 0 amide bonds. The highest BCUT2D eigenvalue weighted by atomic mass is 19.4. The van der Waals surface area contributed by atoms with Crippen molar-refractivity contribution in [3.63, 3.8) is 0 Å². The molecule has 0 aliphatic carbocycles. The first kappa shape index (κ1) is 22.1. The van der Waals surface area contributed by atoms with Gasteiger partial charge in [-0.25, -0.2) is 9.48 Å². The van der Waals surface area contributed by atoms with Gasteiger partial charge in [-0.15, -0.1) is 0 Å². The Kier molecular flexibility index (Phi) is 5.67. The summed E-state index contributed by atoms with van der Waals surface area (Å²) in [7, 11) is 1.62. The van der Waals surface area contributed by atoms with Gasteiger partial charge in [0, 0.05) is 30.1 Å². The van der Waals surface area contributed by atoms with Crippen molar-refractivity contribution < 1.29 is 23.1 Å². The fourth-order valence-electron chi connectivity index (χ4n) is 3.62. The van der Waals surface area contributed by atoms with Crippen molar-refractivity contribution >= 4 is 17.5 Å². The van der Waals surface area contributed by atoms with Gasteiger partial charge in [-0.2, -0.15) is 23.4 Å². The smallest absolute Gasteiger partial charge is 0.417 e. The molecule has 0 unspecified atom stereocenters. The third kappa shape index (κ3) is 4.32. The van der Waals surface area contributed by atoms with E-state index in [1.807, 2.05) is 6.07 Å². The summed E-state index contributed by atoms with van der Waals surface area (Å²) >= 11 is 0. The molecular weight excluding hydrogens is 435 g/mol. The molecule has 2 aromatic carbocycles. The molecule has 4 rings (SSSR count). The van der Waals surface area contributed by atoms with E-state index >= 15 is 0 Å². The molecular formula is C23H20F3N5O2. The molecule has 0 fully saturated rings. The van der Waals surface area contributed by atoms with Crippen LogP contribution in [0.5, 0.6) is 0 Å². The van der Waals surface area contributed by atoms with Crippen molar-refractivity contribution in [3.05, 3.63) is 77.6 Å². The molecule has 10 heteroatoms. The van der Waals surface area contributed by atoms with Crippen LogP contribution in [0.2, 0.25) is 0 Å². The van der Waals surface area contributed by atoms with Crippen LogP contribution in [0, 0.1) is 0 Å². The van der Waals surface area contributed by atoms with Crippen molar-refractivity contribution in [1.82, 2.24) is 19.6 Å². The molecule has 2 aromatic heterocycles. The SMILES string of the molecule is CCc1c(C(=O)O)nn(-c2ccccc2)c1Nc1ccc(C(F)(F)F)c(-c2ccn(C)n2)c1. The maximum atomic E-state index is 13.7. The number of alkyl halides is 3. The lowest BCUT2D eigenvalue weighted by atomic mass is 10.0. The average molecular weight is 455 g/mol. The van der Waals surface area contributed by atoms with Crippen LogP contribution in [-0.2, 0) is 19.6 Å². The number of anilines is 2. The van der Waals surface area contributed by atoms with Gasteiger partial charge in [0.2, 0.25) is 0 Å². The van der Waals surface area contributed by atoms with E-state index in [-0.39, 0.29) is 17.0 Å². The van der Waals surface area contributed by atoms with E-state index in [9.17, 15) is 23.1 Å². The monoisotopic (exact) mass is 455 g/mol. The molecule has 0 aliphatic rings. The van der Waals surface area contributed by atoms with E-state index in [4.69, 9.17) is 0 Å². The van der Waals surface area contributed by atoms with Gasteiger partial charge in [0.1, 0.15) is 5.82 Å². The van der Waals surface area contributed by atoms with E-state index in [0.717, 1.165) is 6.07 Å². The van der Waals surface area contributed by atoms with Gasteiger partial charge in [0.25, 0.3) is 0 Å². The molecule has 2 heterocycles. The number of hydrogen-bond acceptors (Lipinski definition) is 4. The van der Waals surface area contributed by atoms with Gasteiger partial charge in [0.05, 0.1) is 16.9 Å². The molecule has 0 saturated carbocycles. The summed E-state index contributed by atoms with van der Waals surface area (Å²) in [6, 6.07) is 14.0. The van der Waals surface area contributed by atoms with Crippen LogP contribution in [0.3, 0.4) is 0 Å². The molecule has 0 saturated heterocycles. The van der Waals surface area contributed by atoms with E-state index < -0.39 is 17.7 Å². The summed E-state index contributed by atoms with van der Waals surface area (Å²) in [6.45, 7) is 1.79. The second-order valence-electron chi connectivity index (χ2n) is 7.34. The standard InChI is InChI=1S/C23H20F3N5O2/c1-3-16-20(22(32)33)29-31(15-7-5-4-6-8-15)21(16)27-14-9-10-18(23(24,25)26)17(13-14)19-11-12-30(2)28-19/h4-13,27H,3H2,1-2H3,(H,32,33). The predicted molar refractivity (Wildman–Crippen MR) is 117 cm³/mol. The molecule has 0 spiro atoms. The van der Waals surface area contributed by atoms with Crippen LogP contribution in [0.15, 0.2) is 60.8 Å². The number of carbonyl (C=O) groups is 1. The van der Waals surface area contributed by atoms with Crippen LogP contribution in [0.25, 0.3) is 16.9 Å². The summed E-state index contributed by atoms with van der Waals surface area (Å²) in [5.74, 6) is -0.820. The third-order valence-electron chi connectivity index (χ3n) is 5.12. The molecule has 7 nitrogen and oxygen atoms in total. The molecule has 170 valence electrons. The van der Waals surface area contributed by atoms with Gasteiger partial charge >= 0.3 is 12.1 Å². The second kappa shape index (κ2) is 8.45. The van der Waals surface area contributed by atoms with Crippen LogP contribution in [0.1, 0.15) is 28.5 Å². The lowest BCUT2D eigenvalue weighted by Gasteiger charge is -2.16. The Morgan fingerprint density at radius 1 is 1.09 bits per heavy atom. The number of halogens is 3. The lowest BCUT2D eigenvalue weighted by molar-refractivity contribution is -0.137. The molecule has 0 aliphatic heterocycles. The zero-order chi connectivity index (χ0) is 23.8. The first-order valence-corrected chi connectivity index (χ1v) is 10.1. The molecule has 0 radical (unpaired) electrons. The van der Waals surface area contributed by atoms with Gasteiger partial charge in [0.15, 0.2) is 5.69 Å². The van der Waals surface area contributed by atoms with Crippen LogP contribution < -0.4 is 5.32 Å².